The van der Waals surface area contributed by atoms with Crippen LogP contribution in [0.15, 0.2) is 78.2 Å². The van der Waals surface area contributed by atoms with Gasteiger partial charge in [0.2, 0.25) is 5.75 Å². The summed E-state index contributed by atoms with van der Waals surface area (Å²) in [6.07, 6.45) is 9.68. The van der Waals surface area contributed by atoms with E-state index in [-0.39, 0.29) is 53.6 Å². The molecule has 4 aromatic rings. The van der Waals surface area contributed by atoms with E-state index in [0.29, 0.717) is 61.7 Å². The number of phenolic OH excluding ortho intramolecular Hbond substituents is 3. The molecule has 1 saturated carbocycles. The molecule has 8 N–H and O–H groups in total. The van der Waals surface area contributed by atoms with Crippen LogP contribution in [0.5, 0.6) is 28.7 Å². The van der Waals surface area contributed by atoms with Gasteiger partial charge in [-0.1, -0.05) is 18.1 Å². The Bertz CT molecular complexity index is 2190. The molecule has 0 amide bonds. The zero-order chi connectivity index (χ0) is 42.0. The molecule has 2 aromatic carbocycles. The van der Waals surface area contributed by atoms with E-state index in [1.54, 1.807) is 30.7 Å². The fourth-order valence-corrected chi connectivity index (χ4v) is 8.40. The molecule has 3 aliphatic rings. The van der Waals surface area contributed by atoms with E-state index in [9.17, 15) is 20.1 Å². The lowest BCUT2D eigenvalue weighted by Gasteiger charge is -2.39. The fraction of sp³-hybridized carbons (Fsp3) is 0.435. The number of nitrogens with one attached hydrogen (secondary N) is 1. The first kappa shape index (κ1) is 41.9. The number of ether oxygens (including phenoxy) is 4. The van der Waals surface area contributed by atoms with Crippen LogP contribution in [0.4, 0.5) is 5.82 Å². The van der Waals surface area contributed by atoms with Crippen LogP contribution in [0.2, 0.25) is 0 Å². The minimum atomic E-state index is -0.605. The number of pyridine rings is 2. The Morgan fingerprint density at radius 2 is 1.90 bits per heavy atom. The normalized spacial score (nSPS) is 24.0. The van der Waals surface area contributed by atoms with Crippen molar-refractivity contribution < 1.29 is 39.1 Å². The van der Waals surface area contributed by atoms with Crippen LogP contribution >= 0.6 is 0 Å². The molecule has 0 radical (unpaired) electrons. The van der Waals surface area contributed by atoms with Crippen molar-refractivity contribution in [2.75, 3.05) is 18.9 Å². The van der Waals surface area contributed by atoms with Gasteiger partial charge in [-0.25, -0.2) is 4.98 Å². The molecule has 14 heteroatoms. The van der Waals surface area contributed by atoms with Crippen molar-refractivity contribution in [3.8, 4) is 40.6 Å². The summed E-state index contributed by atoms with van der Waals surface area (Å²) >= 11 is 0. The molecule has 1 aliphatic carbocycles. The standard InChI is InChI=1S/C46H54N6O8/c1-28(53)58-34-25-40(60-41(26-34)33-23-38(55)45(56)43(24-33)57-19-15-30-7-4-16-49-27-30)32-8-2-9-35-36(52-46(48)51-17-5-6-29-14-18-50-44(47)22-29)10-3-11-39(35)59-42-21-31(20-32)12-13-37(42)54/h4,7,12-14,16,18,21-24,27,32,34-36,39-41,54-56H,3,5-6,8,10-11,15,17,19-20,25-26H2,1H3,(H2,47,50)(H3,48,51,52). The lowest BCUT2D eigenvalue weighted by atomic mass is 9.81. The quantitative estimate of drug-likeness (QED) is 0.0254. The molecular formula is C46H54N6O8. The summed E-state index contributed by atoms with van der Waals surface area (Å²) in [5.74, 6) is 6.87. The monoisotopic (exact) mass is 818 g/mol. The molecule has 60 heavy (non-hydrogen) atoms. The Kier molecular flexibility index (Phi) is 13.8. The van der Waals surface area contributed by atoms with Crippen LogP contribution in [0.3, 0.4) is 0 Å². The molecule has 7 atom stereocenters. The van der Waals surface area contributed by atoms with Gasteiger partial charge in [0, 0.05) is 69.7 Å². The number of hydrogen-bond donors (Lipinski definition) is 6. The number of aromatic hydroxyl groups is 3. The number of guanidine groups is 1. The highest BCUT2D eigenvalue weighted by atomic mass is 16.6. The number of aliphatic imine (C=N–C) groups is 1. The third-order valence-electron chi connectivity index (χ3n) is 11.3. The average Bonchev–Trinajstić information content (AvgIpc) is 3.25. The number of fused-ring (bicyclic) bond motifs is 3. The second kappa shape index (κ2) is 19.7. The zero-order valence-electron chi connectivity index (χ0n) is 33.8. The number of hydrogen-bond acceptors (Lipinski definition) is 12. The number of benzene rings is 2. The van der Waals surface area contributed by atoms with E-state index in [1.807, 2.05) is 36.4 Å². The average molecular weight is 819 g/mol. The molecule has 4 heterocycles. The molecule has 2 aromatic heterocycles. The molecule has 2 bridgehead atoms. The molecule has 2 fully saturated rings. The number of phenols is 3. The molecule has 7 rings (SSSR count). The number of carbonyl (C=O) groups is 1. The van der Waals surface area contributed by atoms with Crippen molar-refractivity contribution in [2.24, 2.45) is 22.6 Å². The first-order valence-electron chi connectivity index (χ1n) is 20.7. The smallest absolute Gasteiger partial charge is 0.302 e. The second-order valence-electron chi connectivity index (χ2n) is 15.8. The van der Waals surface area contributed by atoms with Crippen LogP contribution in [-0.4, -0.2) is 74.7 Å². The highest BCUT2D eigenvalue weighted by Gasteiger charge is 2.39. The Morgan fingerprint density at radius 1 is 1.02 bits per heavy atom. The number of aryl methyl sites for hydroxylation is 1. The van der Waals surface area contributed by atoms with E-state index >= 15 is 0 Å². The minimum absolute atomic E-state index is 0.0443. The number of nitrogen functional groups attached to an aromatic ring is 1. The number of nitrogens with two attached hydrogens (primary N) is 2. The van der Waals surface area contributed by atoms with Crippen molar-refractivity contribution in [3.63, 3.8) is 0 Å². The summed E-state index contributed by atoms with van der Waals surface area (Å²) < 4.78 is 25.2. The van der Waals surface area contributed by atoms with Crippen molar-refractivity contribution in [1.29, 1.82) is 0 Å². The number of nitrogens with zero attached hydrogens (tertiary/aromatic N) is 3. The van der Waals surface area contributed by atoms with Crippen molar-refractivity contribution in [2.45, 2.75) is 102 Å². The van der Waals surface area contributed by atoms with Gasteiger partial charge in [0.15, 0.2) is 29.0 Å². The SMILES string of the molecule is CC(=O)OC1CC(c2cc(O)c(O)c(OCCc3cccnc3)c2)OC(C2CC#CC3C(NC(N)=NCCCc4ccnc(N)c4)CCCC3Oc3cc(ccc3O)C2)C1. The van der Waals surface area contributed by atoms with E-state index in [4.69, 9.17) is 30.4 Å². The minimum Gasteiger partial charge on any atom is -0.504 e. The van der Waals surface area contributed by atoms with Gasteiger partial charge in [0.25, 0.3) is 0 Å². The molecule has 14 nitrogen and oxygen atoms in total. The lowest BCUT2D eigenvalue weighted by Crippen LogP contribution is -2.50. The Hall–Kier alpha value is -6.20. The third-order valence-corrected chi connectivity index (χ3v) is 11.3. The topological polar surface area (TPSA) is 217 Å². The maximum Gasteiger partial charge on any atom is 0.302 e. The maximum absolute atomic E-state index is 12.3. The van der Waals surface area contributed by atoms with Gasteiger partial charge in [0.05, 0.1) is 24.7 Å². The third kappa shape index (κ3) is 11.1. The molecular weight excluding hydrogens is 765 g/mol. The maximum atomic E-state index is 12.3. The Balaban J connectivity index is 1.11. The van der Waals surface area contributed by atoms with E-state index in [0.717, 1.165) is 48.8 Å². The van der Waals surface area contributed by atoms with Gasteiger partial charge in [0.1, 0.15) is 18.0 Å². The highest BCUT2D eigenvalue weighted by molar-refractivity contribution is 5.78. The van der Waals surface area contributed by atoms with E-state index < -0.39 is 24.3 Å². The summed E-state index contributed by atoms with van der Waals surface area (Å²) in [7, 11) is 0. The van der Waals surface area contributed by atoms with Crippen LogP contribution in [0.1, 0.15) is 80.2 Å². The number of aromatic nitrogens is 2. The largest absolute Gasteiger partial charge is 0.504 e. The molecule has 0 spiro atoms. The van der Waals surface area contributed by atoms with Gasteiger partial charge in [-0.15, -0.1) is 5.92 Å². The van der Waals surface area contributed by atoms with Crippen molar-refractivity contribution in [3.05, 3.63) is 95.4 Å². The highest BCUT2D eigenvalue weighted by Crippen LogP contribution is 2.44. The Morgan fingerprint density at radius 3 is 2.72 bits per heavy atom. The van der Waals surface area contributed by atoms with Gasteiger partial charge < -0.3 is 51.1 Å². The van der Waals surface area contributed by atoms with Crippen molar-refractivity contribution in [1.82, 2.24) is 15.3 Å². The van der Waals surface area contributed by atoms with Crippen LogP contribution in [-0.2, 0) is 33.5 Å². The van der Waals surface area contributed by atoms with Crippen LogP contribution in [0, 0.1) is 23.7 Å². The summed E-state index contributed by atoms with van der Waals surface area (Å²) in [5.41, 5.74) is 15.9. The van der Waals surface area contributed by atoms with E-state index in [1.165, 1.54) is 13.0 Å². The number of carbonyl (C=O) groups excluding carboxylic acids is 1. The Labute approximate surface area is 350 Å². The van der Waals surface area contributed by atoms with Gasteiger partial charge >= 0.3 is 5.97 Å². The predicted molar refractivity (Wildman–Crippen MR) is 225 cm³/mol. The van der Waals surface area contributed by atoms with Crippen LogP contribution in [0.25, 0.3) is 0 Å². The number of rotatable bonds is 12. The van der Waals surface area contributed by atoms with E-state index in [2.05, 4.69) is 32.1 Å². The van der Waals surface area contributed by atoms with Gasteiger partial charge in [-0.3, -0.25) is 14.8 Å². The van der Waals surface area contributed by atoms with Crippen molar-refractivity contribution >= 4 is 17.7 Å². The fourth-order valence-electron chi connectivity index (χ4n) is 8.40. The van der Waals surface area contributed by atoms with Gasteiger partial charge in [-0.2, -0.15) is 0 Å². The molecule has 7 unspecified atom stereocenters. The number of anilines is 1. The van der Waals surface area contributed by atoms with Gasteiger partial charge in [-0.05, 0) is 103 Å². The lowest BCUT2D eigenvalue weighted by molar-refractivity contribution is -0.164. The second-order valence-corrected chi connectivity index (χ2v) is 15.8. The molecule has 316 valence electrons. The summed E-state index contributed by atoms with van der Waals surface area (Å²) in [6.45, 7) is 2.16. The summed E-state index contributed by atoms with van der Waals surface area (Å²) in [4.78, 5) is 25.1. The summed E-state index contributed by atoms with van der Waals surface area (Å²) in [6, 6.07) is 16.0. The molecule has 2 aliphatic heterocycles. The number of esters is 1. The first-order valence-corrected chi connectivity index (χ1v) is 20.7. The van der Waals surface area contributed by atoms with Crippen LogP contribution < -0.4 is 26.3 Å². The molecule has 1 saturated heterocycles. The predicted octanol–water partition coefficient (Wildman–Crippen LogP) is 5.67. The first-order chi connectivity index (χ1) is 29.1. The zero-order valence-corrected chi connectivity index (χ0v) is 33.8. The summed E-state index contributed by atoms with van der Waals surface area (Å²) in [5, 5.41) is 36.0.